The quantitative estimate of drug-likeness (QED) is 0.543. The van der Waals surface area contributed by atoms with Crippen LogP contribution in [0.3, 0.4) is 0 Å². The van der Waals surface area contributed by atoms with Crippen LogP contribution in [0.25, 0.3) is 0 Å². The van der Waals surface area contributed by atoms with Gasteiger partial charge in [-0.25, -0.2) is 13.2 Å². The minimum atomic E-state index is -3.61. The summed E-state index contributed by atoms with van der Waals surface area (Å²) in [5, 5.41) is 3.50. The normalized spacial score (nSPS) is 17.5. The molecule has 2 heterocycles. The lowest BCUT2D eigenvalue weighted by atomic mass is 9.96. The van der Waals surface area contributed by atoms with E-state index >= 15 is 0 Å². The van der Waals surface area contributed by atoms with Crippen molar-refractivity contribution in [3.63, 3.8) is 0 Å². The molecule has 2 aliphatic rings. The van der Waals surface area contributed by atoms with Gasteiger partial charge >= 0.3 is 5.97 Å². The van der Waals surface area contributed by atoms with E-state index < -0.39 is 16.0 Å². The molecule has 36 heavy (non-hydrogen) atoms. The van der Waals surface area contributed by atoms with Gasteiger partial charge in [0.2, 0.25) is 15.9 Å². The number of aryl methyl sites for hydroxylation is 1. The SMILES string of the molecule is COC(=O)c1c(NC(=O)CN2CCN(S(=O)(=O)c3ccc(OC)cc3)CC2)sc2c1CCCCCC2. The van der Waals surface area contributed by atoms with Crippen LogP contribution in [-0.4, -0.2) is 76.4 Å². The number of carbonyl (C=O) groups is 2. The van der Waals surface area contributed by atoms with Crippen molar-refractivity contribution in [1.82, 2.24) is 9.21 Å². The number of anilines is 1. The van der Waals surface area contributed by atoms with E-state index in [1.165, 1.54) is 48.4 Å². The lowest BCUT2D eigenvalue weighted by Crippen LogP contribution is -2.50. The number of ether oxygens (including phenoxy) is 2. The second kappa shape index (κ2) is 11.7. The highest BCUT2D eigenvalue weighted by Crippen LogP contribution is 2.37. The number of esters is 1. The second-order valence-electron chi connectivity index (χ2n) is 9.02. The van der Waals surface area contributed by atoms with E-state index in [9.17, 15) is 18.0 Å². The zero-order valence-electron chi connectivity index (χ0n) is 20.7. The molecule has 0 bridgehead atoms. The fourth-order valence-electron chi connectivity index (χ4n) is 4.72. The number of hydrogen-bond donors (Lipinski definition) is 1. The summed E-state index contributed by atoms with van der Waals surface area (Å²) >= 11 is 1.47. The third-order valence-corrected chi connectivity index (χ3v) is 9.83. The maximum absolute atomic E-state index is 13.0. The number of hydrogen-bond acceptors (Lipinski definition) is 8. The summed E-state index contributed by atoms with van der Waals surface area (Å²) in [6.07, 6.45) is 6.13. The molecule has 2 aromatic rings. The maximum Gasteiger partial charge on any atom is 0.341 e. The molecule has 0 saturated carbocycles. The molecule has 1 aromatic carbocycles. The number of benzene rings is 1. The van der Waals surface area contributed by atoms with Crippen LogP contribution in [0.15, 0.2) is 29.2 Å². The van der Waals surface area contributed by atoms with E-state index in [0.29, 0.717) is 42.5 Å². The van der Waals surface area contributed by atoms with E-state index in [-0.39, 0.29) is 17.3 Å². The van der Waals surface area contributed by atoms with Crippen LogP contribution in [0.2, 0.25) is 0 Å². The summed E-state index contributed by atoms with van der Waals surface area (Å²) in [6, 6.07) is 6.33. The number of piperazine rings is 1. The zero-order chi connectivity index (χ0) is 25.7. The Bertz CT molecular complexity index is 1190. The van der Waals surface area contributed by atoms with Crippen molar-refractivity contribution in [3.8, 4) is 5.75 Å². The molecular formula is C25H33N3O6S2. The third kappa shape index (κ3) is 5.91. The van der Waals surface area contributed by atoms with Crippen LogP contribution in [-0.2, 0) is 32.4 Å². The highest BCUT2D eigenvalue weighted by atomic mass is 32.2. The predicted molar refractivity (Wildman–Crippen MR) is 138 cm³/mol. The summed E-state index contributed by atoms with van der Waals surface area (Å²) in [6.45, 7) is 1.59. The molecule has 1 aromatic heterocycles. The molecule has 0 unspecified atom stereocenters. The smallest absolute Gasteiger partial charge is 0.341 e. The van der Waals surface area contributed by atoms with Crippen LogP contribution in [0.1, 0.15) is 46.5 Å². The van der Waals surface area contributed by atoms with Gasteiger partial charge in [0.05, 0.1) is 31.2 Å². The van der Waals surface area contributed by atoms with Crippen molar-refractivity contribution >= 4 is 38.2 Å². The highest BCUT2D eigenvalue weighted by molar-refractivity contribution is 7.89. The van der Waals surface area contributed by atoms with Crippen molar-refractivity contribution in [2.24, 2.45) is 0 Å². The monoisotopic (exact) mass is 535 g/mol. The summed E-state index contributed by atoms with van der Waals surface area (Å²) in [4.78, 5) is 28.8. The van der Waals surface area contributed by atoms with Crippen molar-refractivity contribution < 1.29 is 27.5 Å². The van der Waals surface area contributed by atoms with E-state index in [4.69, 9.17) is 9.47 Å². The van der Waals surface area contributed by atoms with Gasteiger partial charge in [-0.3, -0.25) is 9.69 Å². The number of rotatable bonds is 7. The van der Waals surface area contributed by atoms with Crippen molar-refractivity contribution in [2.75, 3.05) is 52.3 Å². The topological polar surface area (TPSA) is 105 Å². The van der Waals surface area contributed by atoms with Crippen molar-refractivity contribution in [3.05, 3.63) is 40.3 Å². The molecule has 1 aliphatic heterocycles. The second-order valence-corrected chi connectivity index (χ2v) is 12.1. The Morgan fingerprint density at radius 1 is 0.972 bits per heavy atom. The molecule has 4 rings (SSSR count). The minimum absolute atomic E-state index is 0.125. The molecule has 1 saturated heterocycles. The Labute approximate surface area is 216 Å². The van der Waals surface area contributed by atoms with Gasteiger partial charge < -0.3 is 14.8 Å². The summed E-state index contributed by atoms with van der Waals surface area (Å²) < 4.78 is 37.5. The Morgan fingerprint density at radius 2 is 1.64 bits per heavy atom. The van der Waals surface area contributed by atoms with Crippen molar-refractivity contribution in [1.29, 1.82) is 0 Å². The standard InChI is InChI=1S/C25H33N3O6S2/c1-33-18-9-11-19(12-10-18)36(31,32)28-15-13-27(14-16-28)17-22(29)26-24-23(25(30)34-2)20-7-5-3-4-6-8-21(20)35-24/h9-12H,3-8,13-17H2,1-2H3,(H,26,29). The number of thiophene rings is 1. The number of nitrogens with one attached hydrogen (secondary N) is 1. The maximum atomic E-state index is 13.0. The number of sulfonamides is 1. The molecule has 1 N–H and O–H groups in total. The van der Waals surface area contributed by atoms with E-state index in [1.807, 2.05) is 4.90 Å². The lowest BCUT2D eigenvalue weighted by molar-refractivity contribution is -0.117. The largest absolute Gasteiger partial charge is 0.497 e. The molecule has 0 radical (unpaired) electrons. The Morgan fingerprint density at radius 3 is 2.28 bits per heavy atom. The number of nitrogens with zero attached hydrogens (tertiary/aromatic N) is 2. The molecule has 0 atom stereocenters. The predicted octanol–water partition coefficient (Wildman–Crippen LogP) is 3.15. The molecule has 1 amide bonds. The first kappa shape index (κ1) is 26.6. The van der Waals surface area contributed by atoms with E-state index in [2.05, 4.69) is 5.32 Å². The number of fused-ring (bicyclic) bond motifs is 1. The summed E-state index contributed by atoms with van der Waals surface area (Å²) in [5.74, 6) is -0.0422. The fourth-order valence-corrected chi connectivity index (χ4v) is 7.44. The average molecular weight is 536 g/mol. The van der Waals surface area contributed by atoms with Crippen LogP contribution in [0.5, 0.6) is 5.75 Å². The van der Waals surface area contributed by atoms with Gasteiger partial charge in [0.1, 0.15) is 10.8 Å². The van der Waals surface area contributed by atoms with Crippen molar-refractivity contribution in [2.45, 2.75) is 43.4 Å². The van der Waals surface area contributed by atoms with Gasteiger partial charge in [0.25, 0.3) is 0 Å². The van der Waals surface area contributed by atoms with E-state index in [0.717, 1.165) is 42.5 Å². The number of methoxy groups -OCH3 is 2. The molecule has 11 heteroatoms. The summed E-state index contributed by atoms with van der Waals surface area (Å²) in [7, 11) is -0.719. The first-order chi connectivity index (χ1) is 17.3. The number of amides is 1. The molecule has 1 fully saturated rings. The van der Waals surface area contributed by atoms with Gasteiger partial charge in [-0.2, -0.15) is 4.31 Å². The van der Waals surface area contributed by atoms with Crippen LogP contribution in [0, 0.1) is 0 Å². The highest BCUT2D eigenvalue weighted by Gasteiger charge is 2.30. The molecule has 1 aliphatic carbocycles. The molecular weight excluding hydrogens is 502 g/mol. The van der Waals surface area contributed by atoms with Gasteiger partial charge in [0, 0.05) is 31.1 Å². The molecule has 0 spiro atoms. The van der Waals surface area contributed by atoms with E-state index in [1.54, 1.807) is 12.1 Å². The van der Waals surface area contributed by atoms with Gasteiger partial charge in [-0.15, -0.1) is 11.3 Å². The minimum Gasteiger partial charge on any atom is -0.497 e. The Balaban J connectivity index is 1.38. The van der Waals surface area contributed by atoms with Crippen LogP contribution < -0.4 is 10.1 Å². The summed E-state index contributed by atoms with van der Waals surface area (Å²) in [5.41, 5.74) is 1.50. The van der Waals surface area contributed by atoms with Gasteiger partial charge in [-0.1, -0.05) is 12.8 Å². The Hall–Kier alpha value is -2.47. The number of carbonyl (C=O) groups excluding carboxylic acids is 2. The molecule has 9 nitrogen and oxygen atoms in total. The first-order valence-corrected chi connectivity index (χ1v) is 14.5. The Kier molecular flexibility index (Phi) is 8.66. The average Bonchev–Trinajstić information content (AvgIpc) is 3.19. The van der Waals surface area contributed by atoms with Gasteiger partial charge in [-0.05, 0) is 55.5 Å². The van der Waals surface area contributed by atoms with Crippen LogP contribution >= 0.6 is 11.3 Å². The third-order valence-electron chi connectivity index (χ3n) is 6.71. The van der Waals surface area contributed by atoms with Gasteiger partial charge in [0.15, 0.2) is 0 Å². The fraction of sp³-hybridized carbons (Fsp3) is 0.520. The molecule has 196 valence electrons. The van der Waals surface area contributed by atoms with Crippen LogP contribution in [0.4, 0.5) is 5.00 Å². The lowest BCUT2D eigenvalue weighted by Gasteiger charge is -2.33. The zero-order valence-corrected chi connectivity index (χ0v) is 22.4. The first-order valence-electron chi connectivity index (χ1n) is 12.2.